The third-order valence-corrected chi connectivity index (χ3v) is 4.10. The molecule has 1 atom stereocenters. The molecule has 0 aromatic carbocycles. The van der Waals surface area contributed by atoms with Gasteiger partial charge in [-0.05, 0) is 37.8 Å². The third kappa shape index (κ3) is 3.50. The van der Waals surface area contributed by atoms with Crippen molar-refractivity contribution in [3.8, 4) is 0 Å². The number of aromatic amines is 1. The number of aromatic nitrogens is 4. The van der Waals surface area contributed by atoms with Crippen molar-refractivity contribution in [1.82, 2.24) is 25.1 Å². The van der Waals surface area contributed by atoms with Crippen LogP contribution in [0.15, 0.2) is 24.5 Å². The van der Waals surface area contributed by atoms with Gasteiger partial charge in [0.1, 0.15) is 5.82 Å². The molecule has 2 aromatic rings. The van der Waals surface area contributed by atoms with Crippen molar-refractivity contribution < 1.29 is 4.79 Å². The standard InChI is InChI=1S/C16H21N5O/c1-12-18-16(20-19-12)14-5-3-9-21(11-14)15(22)7-6-13-4-2-8-17-10-13/h2,4,8,10,14H,3,5-7,9,11H2,1H3,(H,18,19,20). The molecule has 1 aliphatic heterocycles. The minimum Gasteiger partial charge on any atom is -0.342 e. The van der Waals surface area contributed by atoms with Crippen molar-refractivity contribution in [2.24, 2.45) is 0 Å². The number of aryl methyl sites for hydroxylation is 2. The number of amides is 1. The number of carbonyl (C=O) groups is 1. The summed E-state index contributed by atoms with van der Waals surface area (Å²) >= 11 is 0. The molecule has 1 unspecified atom stereocenters. The van der Waals surface area contributed by atoms with Crippen molar-refractivity contribution in [2.45, 2.75) is 38.5 Å². The number of piperidine rings is 1. The van der Waals surface area contributed by atoms with Crippen LogP contribution < -0.4 is 0 Å². The number of likely N-dealkylation sites (tertiary alicyclic amines) is 1. The van der Waals surface area contributed by atoms with E-state index in [1.54, 1.807) is 6.20 Å². The number of nitrogens with zero attached hydrogens (tertiary/aromatic N) is 4. The molecule has 3 rings (SSSR count). The molecular weight excluding hydrogens is 278 g/mol. The lowest BCUT2D eigenvalue weighted by Crippen LogP contribution is -2.39. The average molecular weight is 299 g/mol. The third-order valence-electron chi connectivity index (χ3n) is 4.10. The summed E-state index contributed by atoms with van der Waals surface area (Å²) in [5.41, 5.74) is 1.11. The molecular formula is C16H21N5O. The second kappa shape index (κ2) is 6.68. The zero-order valence-electron chi connectivity index (χ0n) is 12.8. The molecule has 1 amide bonds. The smallest absolute Gasteiger partial charge is 0.222 e. The van der Waals surface area contributed by atoms with E-state index in [9.17, 15) is 4.79 Å². The Morgan fingerprint density at radius 1 is 1.50 bits per heavy atom. The van der Waals surface area contributed by atoms with E-state index < -0.39 is 0 Å². The monoisotopic (exact) mass is 299 g/mol. The molecule has 0 spiro atoms. The molecule has 0 radical (unpaired) electrons. The molecule has 3 heterocycles. The Morgan fingerprint density at radius 3 is 3.14 bits per heavy atom. The largest absolute Gasteiger partial charge is 0.342 e. The van der Waals surface area contributed by atoms with Crippen LogP contribution in [0.25, 0.3) is 0 Å². The molecule has 1 fully saturated rings. The van der Waals surface area contributed by atoms with Crippen LogP contribution in [0.2, 0.25) is 0 Å². The number of hydrogen-bond donors (Lipinski definition) is 1. The summed E-state index contributed by atoms with van der Waals surface area (Å²) in [7, 11) is 0. The SMILES string of the molecule is Cc1nc(C2CCCN(C(=O)CCc3cccnc3)C2)n[nH]1. The first-order valence-electron chi connectivity index (χ1n) is 7.78. The highest BCUT2D eigenvalue weighted by Gasteiger charge is 2.26. The van der Waals surface area contributed by atoms with Crippen molar-refractivity contribution in [3.63, 3.8) is 0 Å². The first-order valence-corrected chi connectivity index (χ1v) is 7.78. The van der Waals surface area contributed by atoms with E-state index in [0.717, 1.165) is 49.6 Å². The van der Waals surface area contributed by atoms with Gasteiger partial charge in [-0.1, -0.05) is 6.07 Å². The van der Waals surface area contributed by atoms with E-state index in [-0.39, 0.29) is 11.8 Å². The quantitative estimate of drug-likeness (QED) is 0.935. The number of carbonyl (C=O) groups excluding carboxylic acids is 1. The number of rotatable bonds is 4. The first kappa shape index (κ1) is 14.7. The van der Waals surface area contributed by atoms with E-state index in [2.05, 4.69) is 20.2 Å². The fourth-order valence-corrected chi connectivity index (χ4v) is 2.91. The summed E-state index contributed by atoms with van der Waals surface area (Å²) in [5, 5.41) is 7.13. The van der Waals surface area contributed by atoms with Crippen LogP contribution in [0.5, 0.6) is 0 Å². The number of H-pyrrole nitrogens is 1. The number of pyridine rings is 1. The molecule has 0 bridgehead atoms. The van der Waals surface area contributed by atoms with E-state index in [0.29, 0.717) is 6.42 Å². The minimum absolute atomic E-state index is 0.209. The van der Waals surface area contributed by atoms with Gasteiger partial charge in [0, 0.05) is 37.8 Å². The van der Waals surface area contributed by atoms with Crippen LogP contribution >= 0.6 is 0 Å². The van der Waals surface area contributed by atoms with Crippen molar-refractivity contribution in [3.05, 3.63) is 41.7 Å². The fraction of sp³-hybridized carbons (Fsp3) is 0.500. The van der Waals surface area contributed by atoms with Crippen LogP contribution in [-0.2, 0) is 11.2 Å². The van der Waals surface area contributed by atoms with Gasteiger partial charge in [-0.2, -0.15) is 5.10 Å². The van der Waals surface area contributed by atoms with Crippen LogP contribution in [0.1, 0.15) is 42.4 Å². The maximum absolute atomic E-state index is 12.4. The Labute approximate surface area is 130 Å². The lowest BCUT2D eigenvalue weighted by atomic mass is 9.97. The average Bonchev–Trinajstić information content (AvgIpc) is 3.00. The lowest BCUT2D eigenvalue weighted by Gasteiger charge is -2.31. The Hall–Kier alpha value is -2.24. The number of nitrogens with one attached hydrogen (secondary N) is 1. The highest BCUT2D eigenvalue weighted by atomic mass is 16.2. The highest BCUT2D eigenvalue weighted by molar-refractivity contribution is 5.76. The Balaban J connectivity index is 1.56. The van der Waals surface area contributed by atoms with Gasteiger partial charge < -0.3 is 4.90 Å². The molecule has 116 valence electrons. The summed E-state index contributed by atoms with van der Waals surface area (Å²) in [6, 6.07) is 3.91. The van der Waals surface area contributed by atoms with Gasteiger partial charge in [0.15, 0.2) is 5.82 Å². The van der Waals surface area contributed by atoms with Gasteiger partial charge in [0.05, 0.1) is 0 Å². The zero-order chi connectivity index (χ0) is 15.4. The lowest BCUT2D eigenvalue weighted by molar-refractivity contribution is -0.132. The van der Waals surface area contributed by atoms with Crippen molar-refractivity contribution in [2.75, 3.05) is 13.1 Å². The van der Waals surface area contributed by atoms with Gasteiger partial charge in [-0.25, -0.2) is 4.98 Å². The van der Waals surface area contributed by atoms with Gasteiger partial charge in [-0.3, -0.25) is 14.9 Å². The predicted octanol–water partition coefficient (Wildman–Crippen LogP) is 1.85. The van der Waals surface area contributed by atoms with Crippen molar-refractivity contribution >= 4 is 5.91 Å². The molecule has 0 saturated carbocycles. The zero-order valence-corrected chi connectivity index (χ0v) is 12.8. The molecule has 1 saturated heterocycles. The van der Waals surface area contributed by atoms with Gasteiger partial charge in [0.25, 0.3) is 0 Å². The van der Waals surface area contributed by atoms with Gasteiger partial charge in [0.2, 0.25) is 5.91 Å². The molecule has 2 aromatic heterocycles. The molecule has 6 nitrogen and oxygen atoms in total. The van der Waals surface area contributed by atoms with E-state index in [1.165, 1.54) is 0 Å². The van der Waals surface area contributed by atoms with E-state index in [4.69, 9.17) is 0 Å². The van der Waals surface area contributed by atoms with Crippen LogP contribution in [0, 0.1) is 6.92 Å². The summed E-state index contributed by atoms with van der Waals surface area (Å²) in [6.07, 6.45) is 6.90. The first-order chi connectivity index (χ1) is 10.7. The topological polar surface area (TPSA) is 74.8 Å². The van der Waals surface area contributed by atoms with Crippen LogP contribution in [0.4, 0.5) is 0 Å². The molecule has 6 heteroatoms. The summed E-state index contributed by atoms with van der Waals surface area (Å²) < 4.78 is 0. The molecule has 1 N–H and O–H groups in total. The summed E-state index contributed by atoms with van der Waals surface area (Å²) in [4.78, 5) is 22.9. The van der Waals surface area contributed by atoms with Gasteiger partial charge >= 0.3 is 0 Å². The summed E-state index contributed by atoms with van der Waals surface area (Å²) in [5.74, 6) is 2.12. The Bertz CT molecular complexity index is 624. The normalized spacial score (nSPS) is 18.4. The van der Waals surface area contributed by atoms with E-state index in [1.807, 2.05) is 30.2 Å². The second-order valence-corrected chi connectivity index (χ2v) is 5.82. The highest BCUT2D eigenvalue weighted by Crippen LogP contribution is 2.24. The van der Waals surface area contributed by atoms with E-state index >= 15 is 0 Å². The maximum Gasteiger partial charge on any atom is 0.222 e. The molecule has 22 heavy (non-hydrogen) atoms. The van der Waals surface area contributed by atoms with Gasteiger partial charge in [-0.15, -0.1) is 0 Å². The summed E-state index contributed by atoms with van der Waals surface area (Å²) in [6.45, 7) is 3.46. The fourth-order valence-electron chi connectivity index (χ4n) is 2.91. The Kier molecular flexibility index (Phi) is 4.46. The van der Waals surface area contributed by atoms with Crippen molar-refractivity contribution in [1.29, 1.82) is 0 Å². The second-order valence-electron chi connectivity index (χ2n) is 5.82. The minimum atomic E-state index is 0.209. The van der Waals surface area contributed by atoms with Crippen LogP contribution in [0.3, 0.4) is 0 Å². The maximum atomic E-state index is 12.4. The van der Waals surface area contributed by atoms with Crippen LogP contribution in [-0.4, -0.2) is 44.1 Å². The molecule has 1 aliphatic rings. The molecule has 0 aliphatic carbocycles. The predicted molar refractivity (Wildman–Crippen MR) is 82.2 cm³/mol. The number of hydrogen-bond acceptors (Lipinski definition) is 4. The Morgan fingerprint density at radius 2 is 2.41 bits per heavy atom.